The highest BCUT2D eigenvalue weighted by atomic mass is 35.5. The molecular formula is C28H34ClNO3. The zero-order valence-corrected chi connectivity index (χ0v) is 20.7. The number of benzene rings is 2. The van der Waals surface area contributed by atoms with Crippen LogP contribution in [0.4, 0.5) is 0 Å². The molecule has 1 saturated carbocycles. The first kappa shape index (κ1) is 22.7. The number of halogens is 1. The summed E-state index contributed by atoms with van der Waals surface area (Å²) in [5.41, 5.74) is 3.70. The fourth-order valence-electron chi connectivity index (χ4n) is 5.56. The fourth-order valence-corrected chi connectivity index (χ4v) is 5.84. The Balaban J connectivity index is 1.19. The van der Waals surface area contributed by atoms with Crippen LogP contribution >= 0.6 is 11.6 Å². The van der Waals surface area contributed by atoms with Crippen LogP contribution < -0.4 is 4.74 Å². The van der Waals surface area contributed by atoms with Crippen molar-refractivity contribution in [3.63, 3.8) is 0 Å². The van der Waals surface area contributed by atoms with Gasteiger partial charge in [0.05, 0.1) is 13.0 Å². The maximum absolute atomic E-state index is 12.1. The normalized spacial score (nSPS) is 23.8. The van der Waals surface area contributed by atoms with Gasteiger partial charge in [-0.25, -0.2) is 0 Å². The van der Waals surface area contributed by atoms with Crippen LogP contribution in [-0.4, -0.2) is 42.7 Å². The van der Waals surface area contributed by atoms with Gasteiger partial charge in [-0.1, -0.05) is 41.9 Å². The average molecular weight is 468 g/mol. The van der Waals surface area contributed by atoms with E-state index in [1.54, 1.807) is 0 Å². The molecular weight excluding hydrogens is 434 g/mol. The molecule has 0 bridgehead atoms. The smallest absolute Gasteiger partial charge is 0.307 e. The lowest BCUT2D eigenvalue weighted by molar-refractivity contribution is -0.155. The minimum atomic E-state index is -0.416. The molecule has 0 radical (unpaired) electrons. The van der Waals surface area contributed by atoms with Gasteiger partial charge in [0.15, 0.2) is 0 Å². The summed E-state index contributed by atoms with van der Waals surface area (Å²) in [7, 11) is 0. The van der Waals surface area contributed by atoms with Crippen LogP contribution in [0.3, 0.4) is 0 Å². The second-order valence-electron chi connectivity index (χ2n) is 11.0. The Morgan fingerprint density at radius 2 is 1.91 bits per heavy atom. The number of esters is 1. The van der Waals surface area contributed by atoms with E-state index in [2.05, 4.69) is 35.2 Å². The van der Waals surface area contributed by atoms with Gasteiger partial charge in [-0.3, -0.25) is 4.79 Å². The lowest BCUT2D eigenvalue weighted by Gasteiger charge is -2.38. The zero-order chi connectivity index (χ0) is 23.2. The van der Waals surface area contributed by atoms with Crippen molar-refractivity contribution in [1.29, 1.82) is 0 Å². The quantitative estimate of drug-likeness (QED) is 0.500. The largest absolute Gasteiger partial charge is 0.492 e. The zero-order valence-electron chi connectivity index (χ0n) is 19.9. The third-order valence-electron chi connectivity index (χ3n) is 7.47. The number of piperidine rings is 1. The van der Waals surface area contributed by atoms with Crippen molar-refractivity contribution in [2.45, 2.75) is 69.3 Å². The number of ether oxygens (including phenoxy) is 2. The second kappa shape index (κ2) is 8.63. The molecule has 33 heavy (non-hydrogen) atoms. The third kappa shape index (κ3) is 4.79. The average Bonchev–Trinajstić information content (AvgIpc) is 3.49. The first-order chi connectivity index (χ1) is 15.7. The number of hydrogen-bond acceptors (Lipinski definition) is 4. The molecule has 2 aliphatic heterocycles. The van der Waals surface area contributed by atoms with Gasteiger partial charge in [-0.2, -0.15) is 0 Å². The summed E-state index contributed by atoms with van der Waals surface area (Å²) in [5, 5.41) is 0.875. The van der Waals surface area contributed by atoms with E-state index < -0.39 is 5.60 Å². The molecule has 2 aromatic carbocycles. The molecule has 1 spiro atoms. The Labute approximate surface area is 202 Å². The maximum Gasteiger partial charge on any atom is 0.307 e. The first-order valence-electron chi connectivity index (χ1n) is 12.2. The Hall–Kier alpha value is -2.04. The number of nitrogens with zero attached hydrogens (tertiary/aromatic N) is 1. The standard InChI is InChI=1S/C28H34ClNO3/c1-27(2,3)33-26(31)10-13-30-14-11-28(12-15-30)18-32-25-16-19(8-9-23(25)28)21-17-22(21)20-6-4-5-7-24(20)29/h4-9,16,21-22H,10-15,17-18H2,1-3H3. The van der Waals surface area contributed by atoms with E-state index in [9.17, 15) is 4.79 Å². The van der Waals surface area contributed by atoms with E-state index in [1.807, 2.05) is 32.9 Å². The molecule has 0 N–H and O–H groups in total. The Bertz CT molecular complexity index is 1040. The van der Waals surface area contributed by atoms with Gasteiger partial charge < -0.3 is 14.4 Å². The third-order valence-corrected chi connectivity index (χ3v) is 7.81. The van der Waals surface area contributed by atoms with Gasteiger partial charge >= 0.3 is 5.97 Å². The molecule has 2 aromatic rings. The number of carbonyl (C=O) groups excluding carboxylic acids is 1. The van der Waals surface area contributed by atoms with Crippen LogP contribution in [0.1, 0.15) is 75.0 Å². The Kier molecular flexibility index (Phi) is 5.95. The summed E-state index contributed by atoms with van der Waals surface area (Å²) in [6, 6.07) is 15.1. The van der Waals surface area contributed by atoms with Crippen LogP contribution in [0.5, 0.6) is 5.75 Å². The molecule has 2 heterocycles. The van der Waals surface area contributed by atoms with Gasteiger partial charge in [0.25, 0.3) is 0 Å². The van der Waals surface area contributed by atoms with Crippen LogP contribution in [0, 0.1) is 0 Å². The molecule has 1 aliphatic carbocycles. The minimum absolute atomic E-state index is 0.111. The van der Waals surface area contributed by atoms with Gasteiger partial charge in [-0.05, 0) is 88.2 Å². The lowest BCUT2D eigenvalue weighted by atomic mass is 9.74. The fraction of sp³-hybridized carbons (Fsp3) is 0.536. The molecule has 2 unspecified atom stereocenters. The summed E-state index contributed by atoms with van der Waals surface area (Å²) in [6.45, 7) is 9.26. The van der Waals surface area contributed by atoms with Gasteiger partial charge in [0.1, 0.15) is 11.4 Å². The summed E-state index contributed by atoms with van der Waals surface area (Å²) in [5.74, 6) is 2.00. The Morgan fingerprint density at radius 1 is 1.15 bits per heavy atom. The molecule has 2 atom stereocenters. The first-order valence-corrected chi connectivity index (χ1v) is 12.6. The number of carbonyl (C=O) groups is 1. The lowest BCUT2D eigenvalue weighted by Crippen LogP contribution is -2.44. The van der Waals surface area contributed by atoms with Crippen LogP contribution in [-0.2, 0) is 14.9 Å². The predicted octanol–water partition coefficient (Wildman–Crippen LogP) is 6.07. The van der Waals surface area contributed by atoms with Crippen molar-refractivity contribution < 1.29 is 14.3 Å². The number of rotatable bonds is 5. The van der Waals surface area contributed by atoms with Gasteiger partial charge in [0, 0.05) is 22.5 Å². The van der Waals surface area contributed by atoms with Crippen LogP contribution in [0.15, 0.2) is 42.5 Å². The van der Waals surface area contributed by atoms with Crippen molar-refractivity contribution in [3.8, 4) is 5.75 Å². The highest BCUT2D eigenvalue weighted by Gasteiger charge is 2.45. The van der Waals surface area contributed by atoms with E-state index in [-0.39, 0.29) is 11.4 Å². The molecule has 5 heteroatoms. The second-order valence-corrected chi connectivity index (χ2v) is 11.4. The van der Waals surface area contributed by atoms with Crippen molar-refractivity contribution in [3.05, 3.63) is 64.2 Å². The SMILES string of the molecule is CC(C)(C)OC(=O)CCN1CCC2(CC1)COc1cc(C3CC3c3ccccc3Cl)ccc12. The van der Waals surface area contributed by atoms with E-state index in [0.717, 1.165) is 56.3 Å². The number of likely N-dealkylation sites (tertiary alicyclic amines) is 1. The molecule has 176 valence electrons. The van der Waals surface area contributed by atoms with Gasteiger partial charge in [-0.15, -0.1) is 0 Å². The molecule has 3 aliphatic rings. The Morgan fingerprint density at radius 3 is 2.64 bits per heavy atom. The molecule has 0 aromatic heterocycles. The van der Waals surface area contributed by atoms with E-state index in [1.165, 1.54) is 16.7 Å². The van der Waals surface area contributed by atoms with Crippen molar-refractivity contribution in [1.82, 2.24) is 4.90 Å². The molecule has 2 fully saturated rings. The van der Waals surface area contributed by atoms with E-state index >= 15 is 0 Å². The van der Waals surface area contributed by atoms with Crippen LogP contribution in [0.25, 0.3) is 0 Å². The topological polar surface area (TPSA) is 38.8 Å². The summed E-state index contributed by atoms with van der Waals surface area (Å²) >= 11 is 6.43. The van der Waals surface area contributed by atoms with Crippen molar-refractivity contribution in [2.24, 2.45) is 0 Å². The minimum Gasteiger partial charge on any atom is -0.492 e. The molecule has 4 nitrogen and oxygen atoms in total. The van der Waals surface area contributed by atoms with Crippen LogP contribution in [0.2, 0.25) is 5.02 Å². The van der Waals surface area contributed by atoms with E-state index in [4.69, 9.17) is 21.1 Å². The number of fused-ring (bicyclic) bond motifs is 2. The monoisotopic (exact) mass is 467 g/mol. The highest BCUT2D eigenvalue weighted by molar-refractivity contribution is 6.31. The molecule has 5 rings (SSSR count). The molecule has 0 amide bonds. The maximum atomic E-state index is 12.1. The summed E-state index contributed by atoms with van der Waals surface area (Å²) < 4.78 is 11.7. The highest BCUT2D eigenvalue weighted by Crippen LogP contribution is 2.57. The predicted molar refractivity (Wildman–Crippen MR) is 131 cm³/mol. The van der Waals surface area contributed by atoms with E-state index in [0.29, 0.717) is 18.3 Å². The summed E-state index contributed by atoms with van der Waals surface area (Å²) in [4.78, 5) is 14.5. The van der Waals surface area contributed by atoms with Crippen molar-refractivity contribution in [2.75, 3.05) is 26.2 Å². The number of hydrogen-bond donors (Lipinski definition) is 0. The molecule has 1 saturated heterocycles. The van der Waals surface area contributed by atoms with Gasteiger partial charge in [0.2, 0.25) is 0 Å². The van der Waals surface area contributed by atoms with Crippen molar-refractivity contribution >= 4 is 17.6 Å². The summed E-state index contributed by atoms with van der Waals surface area (Å²) in [6.07, 6.45) is 3.74.